The molecule has 1 heterocycles. The van der Waals surface area contributed by atoms with Gasteiger partial charge in [0.1, 0.15) is 0 Å². The molecule has 1 nitrogen and oxygen atoms in total. The molecule has 2 aromatic rings. The van der Waals surface area contributed by atoms with Crippen LogP contribution in [0.5, 0.6) is 0 Å². The van der Waals surface area contributed by atoms with Crippen LogP contribution in [0.2, 0.25) is 0 Å². The monoisotopic (exact) mass is 308 g/mol. The molecule has 88 valence electrons. The van der Waals surface area contributed by atoms with Crippen molar-refractivity contribution in [2.75, 3.05) is 0 Å². The molecule has 0 saturated heterocycles. The van der Waals surface area contributed by atoms with Gasteiger partial charge in [-0.25, -0.2) is 0 Å². The molecule has 0 radical (unpaired) electrons. The van der Waals surface area contributed by atoms with Crippen molar-refractivity contribution in [1.29, 1.82) is 0 Å². The fourth-order valence-corrected chi connectivity index (χ4v) is 3.04. The Morgan fingerprint density at radius 2 is 1.88 bits per heavy atom. The van der Waals surface area contributed by atoms with Crippen molar-refractivity contribution in [3.63, 3.8) is 0 Å². The molecular formula is C14H13BrOS. The largest absolute Gasteiger partial charge is 0.288 e. The number of carbonyl (C=O) groups excluding carboxylic acids is 1. The Kier molecular flexibility index (Phi) is 4.13. The Morgan fingerprint density at radius 1 is 1.18 bits per heavy atom. The van der Waals surface area contributed by atoms with Gasteiger partial charge in [-0.05, 0) is 40.0 Å². The van der Waals surface area contributed by atoms with E-state index in [1.807, 2.05) is 36.4 Å². The maximum atomic E-state index is 12.1. The van der Waals surface area contributed by atoms with Crippen LogP contribution in [0, 0.1) is 0 Å². The number of carbonyl (C=O) groups is 1. The summed E-state index contributed by atoms with van der Waals surface area (Å²) < 4.78 is 0.989. The van der Waals surface area contributed by atoms with Gasteiger partial charge in [-0.1, -0.05) is 37.6 Å². The van der Waals surface area contributed by atoms with E-state index in [9.17, 15) is 4.79 Å². The maximum Gasteiger partial charge on any atom is 0.202 e. The molecule has 0 saturated carbocycles. The summed E-state index contributed by atoms with van der Waals surface area (Å²) >= 11 is 4.84. The highest BCUT2D eigenvalue weighted by atomic mass is 79.9. The van der Waals surface area contributed by atoms with E-state index < -0.39 is 0 Å². The lowest BCUT2D eigenvalue weighted by Gasteiger charge is -2.01. The SMILES string of the molecule is CCCc1ccc(C(=O)c2ccc(Br)s2)cc1. The number of aryl methyl sites for hydroxylation is 1. The first-order chi connectivity index (χ1) is 8.20. The number of thiophene rings is 1. The van der Waals surface area contributed by atoms with Crippen molar-refractivity contribution < 1.29 is 4.79 Å². The van der Waals surface area contributed by atoms with Gasteiger partial charge >= 0.3 is 0 Å². The number of rotatable bonds is 4. The second kappa shape index (κ2) is 5.61. The molecule has 0 bridgehead atoms. The zero-order chi connectivity index (χ0) is 12.3. The smallest absolute Gasteiger partial charge is 0.202 e. The van der Waals surface area contributed by atoms with Gasteiger partial charge in [-0.15, -0.1) is 11.3 Å². The molecule has 1 aromatic carbocycles. The first kappa shape index (κ1) is 12.5. The van der Waals surface area contributed by atoms with Crippen LogP contribution in [0.15, 0.2) is 40.2 Å². The van der Waals surface area contributed by atoms with Gasteiger partial charge in [-0.3, -0.25) is 4.79 Å². The van der Waals surface area contributed by atoms with E-state index in [4.69, 9.17) is 0 Å². The first-order valence-corrected chi connectivity index (χ1v) is 7.20. The van der Waals surface area contributed by atoms with Gasteiger partial charge in [0.25, 0.3) is 0 Å². The lowest BCUT2D eigenvalue weighted by Crippen LogP contribution is -1.98. The average Bonchev–Trinajstić information content (AvgIpc) is 2.76. The van der Waals surface area contributed by atoms with Crippen molar-refractivity contribution in [1.82, 2.24) is 0 Å². The summed E-state index contributed by atoms with van der Waals surface area (Å²) in [5.41, 5.74) is 2.05. The standard InChI is InChI=1S/C14H13BrOS/c1-2-3-10-4-6-11(7-5-10)14(16)12-8-9-13(15)17-12/h4-9H,2-3H2,1H3. The van der Waals surface area contributed by atoms with Crippen LogP contribution >= 0.6 is 27.3 Å². The summed E-state index contributed by atoms with van der Waals surface area (Å²) in [4.78, 5) is 12.9. The van der Waals surface area contributed by atoms with Crippen LogP contribution < -0.4 is 0 Å². The summed E-state index contributed by atoms with van der Waals surface area (Å²) in [6.45, 7) is 2.15. The average molecular weight is 309 g/mol. The van der Waals surface area contributed by atoms with Gasteiger partial charge in [-0.2, -0.15) is 0 Å². The molecule has 0 aliphatic rings. The Labute approximate surface area is 114 Å². The Bertz CT molecular complexity index is 513. The van der Waals surface area contributed by atoms with Crippen LogP contribution in [-0.4, -0.2) is 5.78 Å². The molecule has 0 unspecified atom stereocenters. The minimum absolute atomic E-state index is 0.101. The van der Waals surface area contributed by atoms with Crippen LogP contribution in [0.4, 0.5) is 0 Å². The Morgan fingerprint density at radius 3 is 2.41 bits per heavy atom. The summed E-state index contributed by atoms with van der Waals surface area (Å²) in [5.74, 6) is 0.101. The van der Waals surface area contributed by atoms with E-state index in [1.165, 1.54) is 16.9 Å². The predicted octanol–water partition coefficient (Wildman–Crippen LogP) is 4.69. The molecular weight excluding hydrogens is 296 g/mol. The molecule has 1 aromatic heterocycles. The second-order valence-electron chi connectivity index (χ2n) is 3.88. The summed E-state index contributed by atoms with van der Waals surface area (Å²) in [6, 6.07) is 11.7. The van der Waals surface area contributed by atoms with Crippen LogP contribution in [-0.2, 0) is 6.42 Å². The van der Waals surface area contributed by atoms with Gasteiger partial charge in [0.15, 0.2) is 0 Å². The van der Waals surface area contributed by atoms with Gasteiger partial charge in [0.05, 0.1) is 8.66 Å². The van der Waals surface area contributed by atoms with Crippen LogP contribution in [0.25, 0.3) is 0 Å². The Hall–Kier alpha value is -0.930. The molecule has 0 aliphatic heterocycles. The van der Waals surface area contributed by atoms with Crippen molar-refractivity contribution in [3.05, 3.63) is 56.2 Å². The second-order valence-corrected chi connectivity index (χ2v) is 6.34. The van der Waals surface area contributed by atoms with E-state index in [-0.39, 0.29) is 5.78 Å². The first-order valence-electron chi connectivity index (χ1n) is 5.59. The highest BCUT2D eigenvalue weighted by Gasteiger charge is 2.10. The van der Waals surface area contributed by atoms with E-state index in [2.05, 4.69) is 22.9 Å². The molecule has 17 heavy (non-hydrogen) atoms. The van der Waals surface area contributed by atoms with Gasteiger partial charge in [0.2, 0.25) is 5.78 Å². The number of halogens is 1. The number of benzene rings is 1. The number of hydrogen-bond acceptors (Lipinski definition) is 2. The molecule has 0 fully saturated rings. The number of ketones is 1. The van der Waals surface area contributed by atoms with E-state index in [1.54, 1.807) is 0 Å². The molecule has 3 heteroatoms. The third-order valence-corrected chi connectivity index (χ3v) is 4.17. The zero-order valence-electron chi connectivity index (χ0n) is 9.57. The quantitative estimate of drug-likeness (QED) is 0.749. The molecule has 0 aliphatic carbocycles. The van der Waals surface area contributed by atoms with Gasteiger partial charge < -0.3 is 0 Å². The molecule has 0 atom stereocenters. The van der Waals surface area contributed by atoms with Crippen molar-refractivity contribution in [3.8, 4) is 0 Å². The van der Waals surface area contributed by atoms with E-state index in [0.717, 1.165) is 27.1 Å². The number of hydrogen-bond donors (Lipinski definition) is 0. The summed E-state index contributed by atoms with van der Waals surface area (Å²) in [5, 5.41) is 0. The Balaban J connectivity index is 2.20. The third kappa shape index (κ3) is 3.05. The molecule has 0 N–H and O–H groups in total. The maximum absolute atomic E-state index is 12.1. The predicted molar refractivity (Wildman–Crippen MR) is 75.9 cm³/mol. The zero-order valence-corrected chi connectivity index (χ0v) is 12.0. The molecule has 0 amide bonds. The highest BCUT2D eigenvalue weighted by molar-refractivity contribution is 9.11. The normalized spacial score (nSPS) is 10.5. The lowest BCUT2D eigenvalue weighted by molar-refractivity contribution is 0.104. The van der Waals surface area contributed by atoms with Crippen molar-refractivity contribution in [2.24, 2.45) is 0 Å². The van der Waals surface area contributed by atoms with Crippen LogP contribution in [0.3, 0.4) is 0 Å². The minimum atomic E-state index is 0.101. The topological polar surface area (TPSA) is 17.1 Å². The fraction of sp³-hybridized carbons (Fsp3) is 0.214. The summed E-state index contributed by atoms with van der Waals surface area (Å²) in [6.07, 6.45) is 2.20. The highest BCUT2D eigenvalue weighted by Crippen LogP contribution is 2.24. The van der Waals surface area contributed by atoms with Crippen molar-refractivity contribution in [2.45, 2.75) is 19.8 Å². The van der Waals surface area contributed by atoms with Crippen LogP contribution in [0.1, 0.15) is 34.1 Å². The van der Waals surface area contributed by atoms with Crippen molar-refractivity contribution >= 4 is 33.0 Å². The third-order valence-electron chi connectivity index (χ3n) is 2.55. The van der Waals surface area contributed by atoms with Gasteiger partial charge in [0, 0.05) is 5.56 Å². The molecule has 2 rings (SSSR count). The van der Waals surface area contributed by atoms with E-state index >= 15 is 0 Å². The van der Waals surface area contributed by atoms with E-state index in [0.29, 0.717) is 0 Å². The lowest BCUT2D eigenvalue weighted by atomic mass is 10.0. The fourth-order valence-electron chi connectivity index (χ4n) is 1.69. The summed E-state index contributed by atoms with van der Waals surface area (Å²) in [7, 11) is 0. The minimum Gasteiger partial charge on any atom is -0.288 e. The molecule has 0 spiro atoms.